The van der Waals surface area contributed by atoms with Gasteiger partial charge in [-0.05, 0) is 36.2 Å². The lowest BCUT2D eigenvalue weighted by Gasteiger charge is -2.35. The Morgan fingerprint density at radius 2 is 1.78 bits per heavy atom. The second-order valence-corrected chi connectivity index (χ2v) is 9.26. The molecule has 0 aliphatic carbocycles. The van der Waals surface area contributed by atoms with E-state index < -0.39 is 11.7 Å². The summed E-state index contributed by atoms with van der Waals surface area (Å²) in [6.07, 6.45) is 2.31. The first-order chi connectivity index (χ1) is 17.4. The van der Waals surface area contributed by atoms with Crippen LogP contribution in [0.5, 0.6) is 0 Å². The van der Waals surface area contributed by atoms with Crippen LogP contribution in [0, 0.1) is 0 Å². The van der Waals surface area contributed by atoms with Crippen LogP contribution >= 0.6 is 11.5 Å². The molecule has 9 nitrogen and oxygen atoms in total. The van der Waals surface area contributed by atoms with E-state index in [0.29, 0.717) is 49.9 Å². The summed E-state index contributed by atoms with van der Waals surface area (Å²) in [6, 6.07) is 3.57. The van der Waals surface area contributed by atoms with Crippen molar-refractivity contribution in [2.24, 2.45) is 0 Å². The van der Waals surface area contributed by atoms with Crippen LogP contribution in [0.1, 0.15) is 29.5 Å². The Bertz CT molecular complexity index is 1320. The molecule has 3 aromatic heterocycles. The monoisotopic (exact) mass is 515 g/mol. The summed E-state index contributed by atoms with van der Waals surface area (Å²) >= 11 is 1.31. The van der Waals surface area contributed by atoms with Crippen molar-refractivity contribution in [2.45, 2.75) is 32.5 Å². The summed E-state index contributed by atoms with van der Waals surface area (Å²) in [6.45, 7) is 5.10. The lowest BCUT2D eigenvalue weighted by atomic mass is 10.1. The Kier molecular flexibility index (Phi) is 6.81. The van der Waals surface area contributed by atoms with Gasteiger partial charge in [0.1, 0.15) is 12.1 Å². The summed E-state index contributed by atoms with van der Waals surface area (Å²) in [5, 5.41) is 8.03. The predicted molar refractivity (Wildman–Crippen MR) is 132 cm³/mol. The highest BCUT2D eigenvalue weighted by atomic mass is 32.1. The van der Waals surface area contributed by atoms with Crippen molar-refractivity contribution >= 4 is 39.9 Å². The van der Waals surface area contributed by atoms with Gasteiger partial charge < -0.3 is 15.1 Å². The van der Waals surface area contributed by atoms with E-state index in [-0.39, 0.29) is 5.52 Å². The second kappa shape index (κ2) is 10.2. The third-order valence-electron chi connectivity index (χ3n) is 6.02. The molecule has 0 unspecified atom stereocenters. The minimum Gasteiger partial charge on any atom is -0.365 e. The van der Waals surface area contributed by atoms with Crippen LogP contribution in [0.3, 0.4) is 0 Å². The van der Waals surface area contributed by atoms with Gasteiger partial charge >= 0.3 is 6.18 Å². The summed E-state index contributed by atoms with van der Waals surface area (Å²) < 4.78 is 44.3. The Balaban J connectivity index is 1.44. The van der Waals surface area contributed by atoms with Crippen LogP contribution in [0.4, 0.5) is 30.6 Å². The number of aromatic nitrogens is 6. The molecule has 5 rings (SSSR count). The first-order valence-electron chi connectivity index (χ1n) is 11.6. The van der Waals surface area contributed by atoms with Gasteiger partial charge in [0.15, 0.2) is 0 Å². The normalized spacial score (nSPS) is 14.4. The summed E-state index contributed by atoms with van der Waals surface area (Å²) in [7, 11) is 0. The molecule has 188 valence electrons. The minimum atomic E-state index is -4.46. The van der Waals surface area contributed by atoms with Crippen molar-refractivity contribution in [3.8, 4) is 0 Å². The van der Waals surface area contributed by atoms with Crippen LogP contribution in [0.2, 0.25) is 0 Å². The van der Waals surface area contributed by atoms with Crippen molar-refractivity contribution in [2.75, 3.05) is 41.3 Å². The van der Waals surface area contributed by atoms with Crippen LogP contribution in [0.15, 0.2) is 36.9 Å². The van der Waals surface area contributed by atoms with Crippen LogP contribution in [-0.4, -0.2) is 55.7 Å². The molecular weight excluding hydrogens is 491 g/mol. The number of anilines is 3. The van der Waals surface area contributed by atoms with E-state index in [2.05, 4.69) is 41.7 Å². The number of hydrogen-bond donors (Lipinski definition) is 1. The average Bonchev–Trinajstić information content (AvgIpc) is 3.34. The van der Waals surface area contributed by atoms with Crippen molar-refractivity contribution in [3.63, 3.8) is 0 Å². The number of nitrogens with one attached hydrogen (secondary N) is 1. The molecule has 1 aromatic carbocycles. The quantitative estimate of drug-likeness (QED) is 0.389. The maximum atomic E-state index is 13.4. The fraction of sp³-hybridized carbons (Fsp3) is 0.391. The highest BCUT2D eigenvalue weighted by molar-refractivity contribution is 7.05. The van der Waals surface area contributed by atoms with Gasteiger partial charge in [-0.1, -0.05) is 17.8 Å². The fourth-order valence-electron chi connectivity index (χ4n) is 4.14. The Labute approximate surface area is 209 Å². The third-order valence-corrected chi connectivity index (χ3v) is 6.79. The summed E-state index contributed by atoms with van der Waals surface area (Å²) in [5.74, 6) is 0.878. The summed E-state index contributed by atoms with van der Waals surface area (Å²) in [5.41, 5.74) is 1.35. The number of halogens is 3. The standard InChI is InChI=1S/C23H24F3N9S/c1-2-3-18-20(36-33-32-18)13-29-21-17-5-4-15(23(24,25)26)10-19(17)30-22(31-21)35-8-6-34(7-9-35)16-11-27-14-28-12-16/h4-5,10-12,14H,2-3,6-9,13H2,1H3,(H,29,30,31). The molecule has 1 aliphatic heterocycles. The highest BCUT2D eigenvalue weighted by Gasteiger charge is 2.31. The van der Waals surface area contributed by atoms with Crippen LogP contribution in [0.25, 0.3) is 10.9 Å². The number of fused-ring (bicyclic) bond motifs is 1. The van der Waals surface area contributed by atoms with Crippen LogP contribution < -0.4 is 15.1 Å². The number of nitrogens with zero attached hydrogens (tertiary/aromatic N) is 8. The summed E-state index contributed by atoms with van der Waals surface area (Å²) in [4.78, 5) is 22.5. The molecule has 4 heterocycles. The molecular formula is C23H24F3N9S. The largest absolute Gasteiger partial charge is 0.416 e. The second-order valence-electron chi connectivity index (χ2n) is 8.42. The molecule has 1 N–H and O–H groups in total. The minimum absolute atomic E-state index is 0.243. The number of piperazine rings is 1. The van der Waals surface area contributed by atoms with E-state index in [4.69, 9.17) is 4.98 Å². The van der Waals surface area contributed by atoms with E-state index in [1.54, 1.807) is 12.4 Å². The third kappa shape index (κ3) is 5.15. The Morgan fingerprint density at radius 3 is 2.50 bits per heavy atom. The van der Waals surface area contributed by atoms with Gasteiger partial charge in [0.25, 0.3) is 0 Å². The SMILES string of the molecule is CCCc1nnsc1CNc1nc(N2CCN(c3cncnc3)CC2)nc2cc(C(F)(F)F)ccc12. The van der Waals surface area contributed by atoms with Gasteiger partial charge in [0, 0.05) is 31.6 Å². The zero-order valence-electron chi connectivity index (χ0n) is 19.5. The number of hydrogen-bond acceptors (Lipinski definition) is 10. The van der Waals surface area contributed by atoms with Gasteiger partial charge in [-0.3, -0.25) is 0 Å². The fourth-order valence-corrected chi connectivity index (χ4v) is 4.76. The number of rotatable bonds is 7. The number of alkyl halides is 3. The molecule has 4 aromatic rings. The van der Waals surface area contributed by atoms with Crippen molar-refractivity contribution < 1.29 is 13.2 Å². The molecule has 0 saturated carbocycles. The lowest BCUT2D eigenvalue weighted by molar-refractivity contribution is -0.137. The molecule has 1 fully saturated rings. The molecule has 0 atom stereocenters. The molecule has 0 spiro atoms. The first-order valence-corrected chi connectivity index (χ1v) is 12.4. The average molecular weight is 516 g/mol. The highest BCUT2D eigenvalue weighted by Crippen LogP contribution is 2.33. The molecule has 1 aliphatic rings. The molecule has 13 heteroatoms. The molecule has 0 radical (unpaired) electrons. The topological polar surface area (TPSA) is 95.9 Å². The lowest BCUT2D eigenvalue weighted by Crippen LogP contribution is -2.47. The predicted octanol–water partition coefficient (Wildman–Crippen LogP) is 4.18. The first kappa shape index (κ1) is 24.1. The Morgan fingerprint density at radius 1 is 1.03 bits per heavy atom. The van der Waals surface area contributed by atoms with Gasteiger partial charge in [-0.15, -0.1) is 5.10 Å². The van der Waals surface area contributed by atoms with Crippen LogP contribution in [-0.2, 0) is 19.1 Å². The van der Waals surface area contributed by atoms with E-state index in [1.165, 1.54) is 23.9 Å². The van der Waals surface area contributed by atoms with Crippen molar-refractivity contribution in [1.29, 1.82) is 0 Å². The molecule has 0 amide bonds. The Hall–Kier alpha value is -3.61. The smallest absolute Gasteiger partial charge is 0.365 e. The van der Waals surface area contributed by atoms with Gasteiger partial charge in [-0.2, -0.15) is 18.2 Å². The molecule has 1 saturated heterocycles. The van der Waals surface area contributed by atoms with E-state index in [9.17, 15) is 13.2 Å². The molecule has 36 heavy (non-hydrogen) atoms. The maximum Gasteiger partial charge on any atom is 0.416 e. The maximum absolute atomic E-state index is 13.4. The van der Waals surface area contributed by atoms with E-state index >= 15 is 0 Å². The van der Waals surface area contributed by atoms with Crippen molar-refractivity contribution in [1.82, 2.24) is 29.5 Å². The number of benzene rings is 1. The number of aryl methyl sites for hydroxylation is 1. The van der Waals surface area contributed by atoms with E-state index in [1.807, 2.05) is 4.90 Å². The van der Waals surface area contributed by atoms with Gasteiger partial charge in [0.2, 0.25) is 5.95 Å². The van der Waals surface area contributed by atoms with E-state index in [0.717, 1.165) is 41.2 Å². The zero-order valence-corrected chi connectivity index (χ0v) is 20.4. The van der Waals surface area contributed by atoms with Gasteiger partial charge in [0.05, 0.1) is 46.3 Å². The molecule has 0 bridgehead atoms. The zero-order chi connectivity index (χ0) is 25.1. The van der Waals surface area contributed by atoms with Gasteiger partial charge in [-0.25, -0.2) is 15.0 Å². The van der Waals surface area contributed by atoms with Crippen molar-refractivity contribution in [3.05, 3.63) is 53.1 Å².